The standard InChI is InChI=1S/C14H16N2O6/c1-4-22-14(20)8-6-16(2)12-10(8)11(18)7(13(19)21-3)5-9(17)15-12/h6-7H,4-5H2,1-3H3,(H,15,17). The first-order chi connectivity index (χ1) is 10.4. The number of Topliss-reactive ketones (excluding diaryl/α,β-unsaturated/α-hetero) is 1. The number of carbonyl (C=O) groups excluding carboxylic acids is 4. The number of hydrogen-bond acceptors (Lipinski definition) is 6. The molecule has 0 saturated carbocycles. The fraction of sp³-hybridized carbons (Fsp3) is 0.429. The number of methoxy groups -OCH3 is 1. The van der Waals surface area contributed by atoms with E-state index in [1.165, 1.54) is 10.8 Å². The number of aromatic nitrogens is 1. The average Bonchev–Trinajstić information content (AvgIpc) is 2.73. The second-order valence-corrected chi connectivity index (χ2v) is 4.79. The molecule has 2 heterocycles. The Hall–Kier alpha value is -2.64. The van der Waals surface area contributed by atoms with E-state index in [1.807, 2.05) is 0 Å². The quantitative estimate of drug-likeness (QED) is 0.645. The molecular formula is C14H16N2O6. The smallest absolute Gasteiger partial charge is 0.340 e. The number of nitrogens with zero attached hydrogens (tertiary/aromatic N) is 1. The van der Waals surface area contributed by atoms with Crippen molar-refractivity contribution in [3.05, 3.63) is 17.3 Å². The van der Waals surface area contributed by atoms with Gasteiger partial charge in [0.1, 0.15) is 11.7 Å². The van der Waals surface area contributed by atoms with Crippen molar-refractivity contribution < 1.29 is 28.7 Å². The van der Waals surface area contributed by atoms with Crippen LogP contribution in [0.4, 0.5) is 5.82 Å². The molecule has 1 aliphatic rings. The SMILES string of the molecule is CCOC(=O)c1cn(C)c2c1C(=O)C(C(=O)OC)CC(=O)N2. The number of ether oxygens (including phenoxy) is 2. The maximum absolute atomic E-state index is 12.6. The van der Waals surface area contributed by atoms with Crippen LogP contribution in [-0.4, -0.2) is 41.9 Å². The van der Waals surface area contributed by atoms with Gasteiger partial charge in [-0.1, -0.05) is 0 Å². The van der Waals surface area contributed by atoms with Crippen molar-refractivity contribution in [2.24, 2.45) is 13.0 Å². The number of nitrogens with one attached hydrogen (secondary N) is 1. The van der Waals surface area contributed by atoms with Gasteiger partial charge in [0.15, 0.2) is 5.78 Å². The van der Waals surface area contributed by atoms with Crippen LogP contribution in [0.15, 0.2) is 6.20 Å². The maximum Gasteiger partial charge on any atom is 0.340 e. The number of carbonyl (C=O) groups is 4. The van der Waals surface area contributed by atoms with E-state index in [4.69, 9.17) is 4.74 Å². The number of fused-ring (bicyclic) bond motifs is 1. The summed E-state index contributed by atoms with van der Waals surface area (Å²) in [6.45, 7) is 1.78. The van der Waals surface area contributed by atoms with Gasteiger partial charge in [-0.3, -0.25) is 14.4 Å². The Kier molecular flexibility index (Phi) is 4.30. The van der Waals surface area contributed by atoms with Gasteiger partial charge in [0, 0.05) is 19.7 Å². The molecule has 1 amide bonds. The van der Waals surface area contributed by atoms with Crippen molar-refractivity contribution in [1.82, 2.24) is 4.57 Å². The maximum atomic E-state index is 12.6. The summed E-state index contributed by atoms with van der Waals surface area (Å²) in [4.78, 5) is 48.2. The van der Waals surface area contributed by atoms with Crippen molar-refractivity contribution in [2.75, 3.05) is 19.0 Å². The van der Waals surface area contributed by atoms with Crippen LogP contribution in [0, 0.1) is 5.92 Å². The first-order valence-electron chi connectivity index (χ1n) is 6.69. The van der Waals surface area contributed by atoms with E-state index in [1.54, 1.807) is 14.0 Å². The van der Waals surface area contributed by atoms with E-state index in [0.29, 0.717) is 0 Å². The van der Waals surface area contributed by atoms with Gasteiger partial charge in [-0.25, -0.2) is 4.79 Å². The highest BCUT2D eigenvalue weighted by atomic mass is 16.5. The highest BCUT2D eigenvalue weighted by Crippen LogP contribution is 2.30. The predicted molar refractivity (Wildman–Crippen MR) is 74.5 cm³/mol. The predicted octanol–water partition coefficient (Wildman–Crippen LogP) is 0.516. The lowest BCUT2D eigenvalue weighted by molar-refractivity contribution is -0.145. The Morgan fingerprint density at radius 2 is 2.09 bits per heavy atom. The van der Waals surface area contributed by atoms with Gasteiger partial charge in [0.05, 0.1) is 24.8 Å². The topological polar surface area (TPSA) is 104 Å². The number of ketones is 1. The number of hydrogen-bond donors (Lipinski definition) is 1. The Morgan fingerprint density at radius 1 is 1.41 bits per heavy atom. The van der Waals surface area contributed by atoms with Crippen molar-refractivity contribution in [3.8, 4) is 0 Å². The lowest BCUT2D eigenvalue weighted by Gasteiger charge is -2.10. The molecule has 0 spiro atoms. The Bertz CT molecular complexity index is 661. The minimum atomic E-state index is -1.28. The number of amides is 1. The molecule has 0 aromatic carbocycles. The van der Waals surface area contributed by atoms with Crippen LogP contribution in [0.25, 0.3) is 0 Å². The molecule has 1 atom stereocenters. The third-order valence-electron chi connectivity index (χ3n) is 3.37. The van der Waals surface area contributed by atoms with Gasteiger partial charge < -0.3 is 19.4 Å². The molecule has 0 fully saturated rings. The van der Waals surface area contributed by atoms with Gasteiger partial charge in [0.25, 0.3) is 0 Å². The first kappa shape index (κ1) is 15.7. The van der Waals surface area contributed by atoms with Gasteiger partial charge in [0.2, 0.25) is 5.91 Å². The van der Waals surface area contributed by atoms with Crippen molar-refractivity contribution in [3.63, 3.8) is 0 Å². The largest absolute Gasteiger partial charge is 0.468 e. The molecule has 1 N–H and O–H groups in total. The van der Waals surface area contributed by atoms with Gasteiger partial charge >= 0.3 is 11.9 Å². The summed E-state index contributed by atoms with van der Waals surface area (Å²) in [5.74, 6) is -3.74. The van der Waals surface area contributed by atoms with E-state index in [2.05, 4.69) is 10.1 Å². The molecule has 118 valence electrons. The second-order valence-electron chi connectivity index (χ2n) is 4.79. The Labute approximate surface area is 126 Å². The highest BCUT2D eigenvalue weighted by Gasteiger charge is 2.39. The van der Waals surface area contributed by atoms with Crippen LogP contribution >= 0.6 is 0 Å². The molecule has 0 bridgehead atoms. The zero-order valence-corrected chi connectivity index (χ0v) is 12.5. The number of rotatable bonds is 3. The van der Waals surface area contributed by atoms with Crippen molar-refractivity contribution in [2.45, 2.75) is 13.3 Å². The van der Waals surface area contributed by atoms with E-state index in [0.717, 1.165) is 7.11 Å². The van der Waals surface area contributed by atoms with E-state index in [9.17, 15) is 19.2 Å². The summed E-state index contributed by atoms with van der Waals surface area (Å²) < 4.78 is 10.9. The molecule has 0 saturated heterocycles. The number of esters is 2. The van der Waals surface area contributed by atoms with Crippen LogP contribution in [-0.2, 0) is 26.1 Å². The van der Waals surface area contributed by atoms with Crippen LogP contribution in [0.2, 0.25) is 0 Å². The minimum absolute atomic E-state index is 0.0143. The molecule has 22 heavy (non-hydrogen) atoms. The monoisotopic (exact) mass is 308 g/mol. The lowest BCUT2D eigenvalue weighted by atomic mass is 9.94. The third-order valence-corrected chi connectivity index (χ3v) is 3.37. The van der Waals surface area contributed by atoms with Crippen molar-refractivity contribution >= 4 is 29.4 Å². The molecule has 1 unspecified atom stereocenters. The summed E-state index contributed by atoms with van der Waals surface area (Å²) in [6, 6.07) is 0. The third kappa shape index (κ3) is 2.59. The molecular weight excluding hydrogens is 292 g/mol. The lowest BCUT2D eigenvalue weighted by Crippen LogP contribution is -2.27. The molecule has 2 rings (SSSR count). The normalized spacial score (nSPS) is 17.3. The minimum Gasteiger partial charge on any atom is -0.468 e. The summed E-state index contributed by atoms with van der Waals surface area (Å²) in [6.07, 6.45) is 1.06. The molecule has 0 radical (unpaired) electrons. The number of anilines is 1. The van der Waals surface area contributed by atoms with E-state index < -0.39 is 29.5 Å². The summed E-state index contributed by atoms with van der Waals surface area (Å²) in [7, 11) is 2.71. The van der Waals surface area contributed by atoms with Crippen LogP contribution in [0.3, 0.4) is 0 Å². The Balaban J connectivity index is 2.57. The molecule has 1 aliphatic heterocycles. The molecule has 1 aromatic heterocycles. The van der Waals surface area contributed by atoms with Gasteiger partial charge in [-0.2, -0.15) is 0 Å². The zero-order chi connectivity index (χ0) is 16.4. The summed E-state index contributed by atoms with van der Waals surface area (Å²) >= 11 is 0. The van der Waals surface area contributed by atoms with Gasteiger partial charge in [-0.15, -0.1) is 0 Å². The highest BCUT2D eigenvalue weighted by molar-refractivity contribution is 6.20. The summed E-state index contributed by atoms with van der Waals surface area (Å²) in [5.41, 5.74) is -0.0114. The zero-order valence-electron chi connectivity index (χ0n) is 12.5. The number of aryl methyl sites for hydroxylation is 1. The first-order valence-corrected chi connectivity index (χ1v) is 6.69. The van der Waals surface area contributed by atoms with Crippen LogP contribution in [0.1, 0.15) is 34.1 Å². The van der Waals surface area contributed by atoms with Crippen molar-refractivity contribution in [1.29, 1.82) is 0 Å². The fourth-order valence-corrected chi connectivity index (χ4v) is 2.36. The van der Waals surface area contributed by atoms with E-state index >= 15 is 0 Å². The average molecular weight is 308 g/mol. The molecule has 8 heteroatoms. The van der Waals surface area contributed by atoms with Crippen LogP contribution in [0.5, 0.6) is 0 Å². The molecule has 0 aliphatic carbocycles. The fourth-order valence-electron chi connectivity index (χ4n) is 2.36. The van der Waals surface area contributed by atoms with E-state index in [-0.39, 0.29) is 30.0 Å². The molecule has 8 nitrogen and oxygen atoms in total. The van der Waals surface area contributed by atoms with Crippen LogP contribution < -0.4 is 5.32 Å². The molecule has 1 aromatic rings. The van der Waals surface area contributed by atoms with Gasteiger partial charge in [-0.05, 0) is 6.92 Å². The Morgan fingerprint density at radius 3 is 2.68 bits per heavy atom. The second kappa shape index (κ2) is 6.00. The summed E-state index contributed by atoms with van der Waals surface area (Å²) in [5, 5.41) is 2.54.